The van der Waals surface area contributed by atoms with Gasteiger partial charge in [-0.2, -0.15) is 0 Å². The second kappa shape index (κ2) is 17.9. The predicted octanol–water partition coefficient (Wildman–Crippen LogP) is 5.29. The van der Waals surface area contributed by atoms with Crippen LogP contribution < -0.4 is 4.74 Å². The van der Waals surface area contributed by atoms with Gasteiger partial charge in [0.25, 0.3) is 0 Å². The van der Waals surface area contributed by atoms with Crippen molar-refractivity contribution in [2.45, 2.75) is 78.6 Å². The van der Waals surface area contributed by atoms with Gasteiger partial charge in [-0.05, 0) is 51.7 Å². The molecule has 1 aromatic heterocycles. The van der Waals surface area contributed by atoms with Crippen LogP contribution in [0.1, 0.15) is 89.0 Å². The number of likely N-dealkylation sites (N-methyl/N-ethyl adjacent to an activating group) is 1. The Kier molecular flexibility index (Phi) is 15.9. The maximum absolute atomic E-state index is 13.2. The third-order valence-corrected chi connectivity index (χ3v) is 7.64. The molecule has 0 aliphatic heterocycles. The molecule has 0 unspecified atom stereocenters. The Morgan fingerprint density at radius 3 is 1.95 bits per heavy atom. The number of unbranched alkanes of at least 4 members (excludes halogenated alkanes) is 7. The molecule has 0 N–H and O–H groups in total. The molecule has 9 heteroatoms. The molecule has 0 spiro atoms. The first-order valence-electron chi connectivity index (χ1n) is 14.7. The topological polar surface area (TPSA) is 85.8 Å². The summed E-state index contributed by atoms with van der Waals surface area (Å²) in [5.74, 6) is -0.0739. The van der Waals surface area contributed by atoms with Crippen molar-refractivity contribution in [2.75, 3.05) is 67.5 Å². The zero-order valence-electron chi connectivity index (χ0n) is 25.7. The lowest BCUT2D eigenvalue weighted by molar-refractivity contribution is -0.925. The Morgan fingerprint density at radius 2 is 1.41 bits per heavy atom. The first-order chi connectivity index (χ1) is 18.5. The van der Waals surface area contributed by atoms with Gasteiger partial charge in [0.2, 0.25) is 5.69 Å². The number of hydrogen-bond donors (Lipinski definition) is 0. The third kappa shape index (κ3) is 12.5. The van der Waals surface area contributed by atoms with Crippen molar-refractivity contribution in [3.05, 3.63) is 24.0 Å². The van der Waals surface area contributed by atoms with E-state index in [1.165, 1.54) is 37.0 Å². The monoisotopic (exact) mass is 550 g/mol. The van der Waals surface area contributed by atoms with Crippen LogP contribution in [0.3, 0.4) is 0 Å². The number of hydrogen-bond acceptors (Lipinski definition) is 6. The minimum absolute atomic E-state index is 0.111. The van der Waals surface area contributed by atoms with Gasteiger partial charge >= 0.3 is 18.0 Å². The van der Waals surface area contributed by atoms with Gasteiger partial charge < -0.3 is 18.9 Å². The van der Waals surface area contributed by atoms with E-state index in [0.29, 0.717) is 19.6 Å². The number of nitrogens with zero attached hydrogens (tertiary/aromatic N) is 4. The number of quaternary nitrogens is 2. The summed E-state index contributed by atoms with van der Waals surface area (Å²) in [7, 11) is 6.96. The molecule has 2 amide bonds. The molecule has 222 valence electrons. The average molecular weight is 551 g/mol. The van der Waals surface area contributed by atoms with Crippen LogP contribution in [0, 0.1) is 0 Å². The molecule has 0 atom stereocenters. The van der Waals surface area contributed by atoms with Crippen LogP contribution in [-0.4, -0.2) is 104 Å². The Morgan fingerprint density at radius 1 is 0.846 bits per heavy atom. The van der Waals surface area contributed by atoms with Crippen LogP contribution in [0.5, 0.6) is 5.75 Å². The maximum Gasteiger partial charge on any atom is 0.414 e. The van der Waals surface area contributed by atoms with Gasteiger partial charge in [-0.25, -0.2) is 14.6 Å². The van der Waals surface area contributed by atoms with Crippen LogP contribution in [0.4, 0.5) is 4.79 Å². The molecule has 0 aliphatic carbocycles. The van der Waals surface area contributed by atoms with Gasteiger partial charge in [0, 0.05) is 26.7 Å². The fraction of sp³-hybridized carbons (Fsp3) is 0.733. The van der Waals surface area contributed by atoms with E-state index >= 15 is 0 Å². The van der Waals surface area contributed by atoms with E-state index in [4.69, 9.17) is 9.47 Å². The fourth-order valence-electron chi connectivity index (χ4n) is 4.65. The summed E-state index contributed by atoms with van der Waals surface area (Å²) in [4.78, 5) is 42.2. The van der Waals surface area contributed by atoms with Gasteiger partial charge in [-0.15, -0.1) is 0 Å². The standard InChI is InChI=1S/C30H54N4O5/c1-8-27(35)38-25-24-34(9-2,10-3)23-18-16-14-12-11-13-15-17-22-33(6,7)29(36)28-26(20-19-21-31-28)39-30(37)32(4)5/h19-21H,8-18,22-25H2,1-7H3/q+2. The van der Waals surface area contributed by atoms with Gasteiger partial charge in [-0.1, -0.05) is 32.6 Å². The number of esters is 1. The number of amides is 2. The molecule has 0 radical (unpaired) electrons. The van der Waals surface area contributed by atoms with Crippen molar-refractivity contribution < 1.29 is 32.8 Å². The number of carbonyl (C=O) groups excluding carboxylic acids is 3. The maximum atomic E-state index is 13.2. The number of carbonyl (C=O) groups is 3. The summed E-state index contributed by atoms with van der Waals surface area (Å²) in [5.41, 5.74) is 0.188. The highest BCUT2D eigenvalue weighted by atomic mass is 16.6. The van der Waals surface area contributed by atoms with Gasteiger partial charge in [-0.3, -0.25) is 9.28 Å². The fourth-order valence-corrected chi connectivity index (χ4v) is 4.65. The number of pyridine rings is 1. The van der Waals surface area contributed by atoms with Crippen LogP contribution >= 0.6 is 0 Å². The Labute approximate surface area is 236 Å². The summed E-state index contributed by atoms with van der Waals surface area (Å²) in [6.45, 7) is 11.7. The van der Waals surface area contributed by atoms with Crippen molar-refractivity contribution in [3.8, 4) is 5.75 Å². The zero-order chi connectivity index (χ0) is 29.3. The normalized spacial score (nSPS) is 11.8. The third-order valence-electron chi connectivity index (χ3n) is 7.64. The Balaban J connectivity index is 2.32. The lowest BCUT2D eigenvalue weighted by Gasteiger charge is -2.36. The van der Waals surface area contributed by atoms with Gasteiger partial charge in [0.15, 0.2) is 5.75 Å². The molecule has 1 aromatic rings. The second-order valence-electron chi connectivity index (χ2n) is 11.2. The van der Waals surface area contributed by atoms with Gasteiger partial charge in [0.1, 0.15) is 13.2 Å². The van der Waals surface area contributed by atoms with Crippen molar-refractivity contribution in [1.82, 2.24) is 9.88 Å². The number of aromatic nitrogens is 1. The van der Waals surface area contributed by atoms with Crippen LogP contribution in [-0.2, 0) is 9.53 Å². The highest BCUT2D eigenvalue weighted by Gasteiger charge is 2.32. The minimum Gasteiger partial charge on any atom is -0.460 e. The predicted molar refractivity (Wildman–Crippen MR) is 155 cm³/mol. The second-order valence-corrected chi connectivity index (χ2v) is 11.2. The highest BCUT2D eigenvalue weighted by Crippen LogP contribution is 2.21. The first-order valence-corrected chi connectivity index (χ1v) is 14.7. The molecule has 0 fully saturated rings. The van der Waals surface area contributed by atoms with E-state index in [0.717, 1.165) is 49.9 Å². The van der Waals surface area contributed by atoms with E-state index < -0.39 is 6.09 Å². The van der Waals surface area contributed by atoms with Crippen molar-refractivity contribution in [1.29, 1.82) is 0 Å². The number of ether oxygens (including phenoxy) is 2. The van der Waals surface area contributed by atoms with Crippen molar-refractivity contribution >= 4 is 18.0 Å². The molecule has 0 bridgehead atoms. The quantitative estimate of drug-likeness (QED) is 0.132. The summed E-state index contributed by atoms with van der Waals surface area (Å²) in [6.07, 6.45) is 10.8. The highest BCUT2D eigenvalue weighted by molar-refractivity contribution is 5.90. The molecule has 39 heavy (non-hydrogen) atoms. The lowest BCUT2D eigenvalue weighted by atomic mass is 10.1. The summed E-state index contributed by atoms with van der Waals surface area (Å²) in [6, 6.07) is 3.26. The van der Waals surface area contributed by atoms with Crippen LogP contribution in [0.2, 0.25) is 0 Å². The largest absolute Gasteiger partial charge is 0.460 e. The van der Waals surface area contributed by atoms with Crippen molar-refractivity contribution in [2.24, 2.45) is 0 Å². The minimum atomic E-state index is -0.536. The molecule has 0 aromatic carbocycles. The van der Waals surface area contributed by atoms with Crippen LogP contribution in [0.25, 0.3) is 0 Å². The molecule has 0 saturated heterocycles. The van der Waals surface area contributed by atoms with Crippen LogP contribution in [0.15, 0.2) is 18.3 Å². The SMILES string of the molecule is CCC(=O)OCC[N+](CC)(CC)CCCCCCCCCC[N+](C)(C)C(=O)c1ncccc1OC(=O)N(C)C. The summed E-state index contributed by atoms with van der Waals surface area (Å²) < 4.78 is 11.9. The number of rotatable bonds is 19. The molecule has 1 rings (SSSR count). The van der Waals surface area contributed by atoms with E-state index in [2.05, 4.69) is 18.8 Å². The van der Waals surface area contributed by atoms with E-state index in [-0.39, 0.29) is 27.8 Å². The summed E-state index contributed by atoms with van der Waals surface area (Å²) in [5, 5.41) is 0. The average Bonchev–Trinajstić information content (AvgIpc) is 2.92. The lowest BCUT2D eigenvalue weighted by Crippen LogP contribution is -2.50. The Hall–Kier alpha value is -2.52. The molecular formula is C30H54N4O5+2. The smallest absolute Gasteiger partial charge is 0.414 e. The Bertz CT molecular complexity index is 884. The molecule has 9 nitrogen and oxygen atoms in total. The molecule has 1 heterocycles. The van der Waals surface area contributed by atoms with E-state index in [1.54, 1.807) is 32.4 Å². The zero-order valence-corrected chi connectivity index (χ0v) is 25.7. The molecule has 0 saturated carbocycles. The molecular weight excluding hydrogens is 496 g/mol. The van der Waals surface area contributed by atoms with Gasteiger partial charge in [0.05, 0.1) is 40.3 Å². The van der Waals surface area contributed by atoms with Crippen molar-refractivity contribution in [3.63, 3.8) is 0 Å². The molecule has 0 aliphatic rings. The first kappa shape index (κ1) is 34.5. The van der Waals surface area contributed by atoms with E-state index in [9.17, 15) is 14.4 Å². The van der Waals surface area contributed by atoms with E-state index in [1.807, 2.05) is 21.0 Å². The summed E-state index contributed by atoms with van der Waals surface area (Å²) >= 11 is 0.